The Morgan fingerprint density at radius 2 is 1.18 bits per heavy atom. The lowest BCUT2D eigenvalue weighted by atomic mass is 9.96. The number of hydrogen-bond acceptors (Lipinski definition) is 5. The highest BCUT2D eigenvalue weighted by molar-refractivity contribution is 7.93. The van der Waals surface area contributed by atoms with E-state index in [0.717, 1.165) is 0 Å². The molecule has 0 bridgehead atoms. The number of nitrogens with zero attached hydrogens (tertiary/aromatic N) is 2. The second-order valence-electron chi connectivity index (χ2n) is 7.99. The van der Waals surface area contributed by atoms with E-state index in [4.69, 9.17) is 5.10 Å². The number of benzene rings is 4. The highest BCUT2D eigenvalue weighted by Gasteiger charge is 2.50. The fourth-order valence-electron chi connectivity index (χ4n) is 4.24. The normalized spacial score (nSPS) is 17.9. The average Bonchev–Trinajstić information content (AvgIpc) is 3.32. The first-order chi connectivity index (χ1) is 16.6. The number of hydrogen-bond donors (Lipinski definition) is 0. The van der Waals surface area contributed by atoms with Gasteiger partial charge < -0.3 is 0 Å². The van der Waals surface area contributed by atoms with Gasteiger partial charge in [0.25, 0.3) is 0 Å². The fraction of sp³-hybridized carbons (Fsp3) is 0.0714. The van der Waals surface area contributed by atoms with Crippen molar-refractivity contribution in [3.8, 4) is 0 Å². The van der Waals surface area contributed by atoms with E-state index in [-0.39, 0.29) is 10.7 Å². The van der Waals surface area contributed by atoms with E-state index in [1.54, 1.807) is 59.6 Å². The predicted octanol–water partition coefficient (Wildman–Crippen LogP) is 5.00. The molecule has 168 valence electrons. The molecule has 0 N–H and O–H groups in total. The maximum Gasteiger partial charge on any atom is 0.189 e. The molecule has 4 aromatic rings. The molecule has 0 spiro atoms. The average molecular weight is 467 g/mol. The minimum atomic E-state index is -3.97. The summed E-state index contributed by atoms with van der Waals surface area (Å²) in [6.07, 6.45) is 0. The van der Waals surface area contributed by atoms with Crippen molar-refractivity contribution in [2.45, 2.75) is 16.2 Å². The van der Waals surface area contributed by atoms with Gasteiger partial charge in [-0.3, -0.25) is 9.80 Å². The van der Waals surface area contributed by atoms with E-state index in [2.05, 4.69) is 0 Å². The van der Waals surface area contributed by atoms with Gasteiger partial charge in [-0.1, -0.05) is 97.1 Å². The lowest BCUT2D eigenvalue weighted by Crippen LogP contribution is -2.48. The monoisotopic (exact) mass is 466 g/mol. The Labute approximate surface area is 198 Å². The third-order valence-electron chi connectivity index (χ3n) is 5.86. The summed E-state index contributed by atoms with van der Waals surface area (Å²) in [6.45, 7) is 0. The molecule has 0 saturated carbocycles. The van der Waals surface area contributed by atoms with Crippen LogP contribution in [0.2, 0.25) is 0 Å². The molecule has 5 rings (SSSR count). The maximum atomic E-state index is 14.1. The van der Waals surface area contributed by atoms with Crippen molar-refractivity contribution < 1.29 is 13.2 Å². The zero-order valence-corrected chi connectivity index (χ0v) is 19.0. The predicted molar refractivity (Wildman–Crippen MR) is 134 cm³/mol. The third kappa shape index (κ3) is 3.93. The Kier molecular flexibility index (Phi) is 5.82. The van der Waals surface area contributed by atoms with Gasteiger partial charge in [-0.05, 0) is 29.8 Å². The molecule has 0 saturated heterocycles. The lowest BCUT2D eigenvalue weighted by molar-refractivity contribution is 0.0963. The van der Waals surface area contributed by atoms with Gasteiger partial charge in [0.2, 0.25) is 0 Å². The Morgan fingerprint density at radius 1 is 0.676 bits per heavy atom. The number of ketones is 1. The van der Waals surface area contributed by atoms with E-state index < -0.39 is 21.1 Å². The Hall–Kier alpha value is -4.03. The number of para-hydroxylation sites is 1. The molecule has 1 aliphatic heterocycles. The summed E-state index contributed by atoms with van der Waals surface area (Å²) in [4.78, 5) is 14.1. The highest BCUT2D eigenvalue weighted by Crippen LogP contribution is 2.35. The third-order valence-corrected chi connectivity index (χ3v) is 7.94. The van der Waals surface area contributed by atoms with Crippen molar-refractivity contribution in [2.24, 2.45) is 5.10 Å². The van der Waals surface area contributed by atoms with Crippen LogP contribution in [-0.4, -0.2) is 31.2 Å². The standard InChI is InChI=1S/C28H22N2O3S/c31-27(22-15-7-2-8-16-22)26-28(34(32,33)24-19-11-4-12-20-24)25(21-13-5-1-6-14-21)29-30(26)23-17-9-3-10-18-23/h1-20,26,28H. The molecule has 1 heterocycles. The van der Waals surface area contributed by atoms with Crippen LogP contribution in [0.4, 0.5) is 5.69 Å². The molecule has 2 atom stereocenters. The number of anilines is 1. The molecular weight excluding hydrogens is 444 g/mol. The smallest absolute Gasteiger partial charge is 0.189 e. The minimum absolute atomic E-state index is 0.157. The van der Waals surface area contributed by atoms with Gasteiger partial charge in [0.05, 0.1) is 16.3 Å². The minimum Gasteiger partial charge on any atom is -0.292 e. The first-order valence-corrected chi connectivity index (χ1v) is 12.5. The van der Waals surface area contributed by atoms with Gasteiger partial charge in [0.15, 0.2) is 15.6 Å². The van der Waals surface area contributed by atoms with Crippen LogP contribution in [0.3, 0.4) is 0 Å². The van der Waals surface area contributed by atoms with Crippen molar-refractivity contribution in [1.29, 1.82) is 0 Å². The van der Waals surface area contributed by atoms with Crippen LogP contribution >= 0.6 is 0 Å². The van der Waals surface area contributed by atoms with E-state index in [9.17, 15) is 13.2 Å². The molecule has 5 nitrogen and oxygen atoms in total. The van der Waals surface area contributed by atoms with Gasteiger partial charge in [-0.25, -0.2) is 8.42 Å². The summed E-state index contributed by atoms with van der Waals surface area (Å²) >= 11 is 0. The lowest BCUT2D eigenvalue weighted by Gasteiger charge is -2.27. The van der Waals surface area contributed by atoms with Crippen molar-refractivity contribution >= 4 is 27.0 Å². The first-order valence-electron chi connectivity index (χ1n) is 10.9. The van der Waals surface area contributed by atoms with Gasteiger partial charge in [0, 0.05) is 5.56 Å². The molecule has 0 fully saturated rings. The quantitative estimate of drug-likeness (QED) is 0.375. The van der Waals surface area contributed by atoms with Gasteiger partial charge >= 0.3 is 0 Å². The Morgan fingerprint density at radius 3 is 1.76 bits per heavy atom. The van der Waals surface area contributed by atoms with E-state index >= 15 is 0 Å². The second-order valence-corrected chi connectivity index (χ2v) is 10.1. The Bertz CT molecular complexity index is 1420. The van der Waals surface area contributed by atoms with Crippen LogP contribution in [0.25, 0.3) is 0 Å². The van der Waals surface area contributed by atoms with Crippen molar-refractivity contribution in [3.63, 3.8) is 0 Å². The molecule has 2 unspecified atom stereocenters. The molecule has 34 heavy (non-hydrogen) atoms. The van der Waals surface area contributed by atoms with Crippen molar-refractivity contribution in [3.05, 3.63) is 132 Å². The number of Topliss-reactive ketones (excluding diaryl/α,β-unsaturated/α-hetero) is 1. The van der Waals surface area contributed by atoms with E-state index in [1.807, 2.05) is 66.7 Å². The number of sulfone groups is 1. The molecular formula is C28H22N2O3S. The molecule has 0 aliphatic carbocycles. The molecule has 0 aromatic heterocycles. The summed E-state index contributed by atoms with van der Waals surface area (Å²) in [7, 11) is -3.97. The van der Waals surface area contributed by atoms with Crippen molar-refractivity contribution in [2.75, 3.05) is 5.01 Å². The van der Waals surface area contributed by atoms with Crippen LogP contribution < -0.4 is 5.01 Å². The number of hydrazone groups is 1. The molecule has 4 aromatic carbocycles. The van der Waals surface area contributed by atoms with Crippen LogP contribution in [-0.2, 0) is 9.84 Å². The second kappa shape index (κ2) is 9.08. The van der Waals surface area contributed by atoms with Crippen LogP contribution in [0.15, 0.2) is 131 Å². The van der Waals surface area contributed by atoms with E-state index in [0.29, 0.717) is 22.5 Å². The summed E-state index contributed by atoms with van der Waals surface area (Å²) in [5.41, 5.74) is 2.10. The topological polar surface area (TPSA) is 66.8 Å². The zero-order valence-electron chi connectivity index (χ0n) is 18.2. The number of rotatable bonds is 6. The summed E-state index contributed by atoms with van der Waals surface area (Å²) in [6, 6.07) is 34.4. The van der Waals surface area contributed by atoms with Gasteiger partial charge in [-0.15, -0.1) is 0 Å². The SMILES string of the molecule is O=C(c1ccccc1)C1C(S(=O)(=O)c2ccccc2)C(c2ccccc2)=NN1c1ccccc1. The first kappa shape index (κ1) is 21.8. The van der Waals surface area contributed by atoms with Crippen LogP contribution in [0, 0.1) is 0 Å². The van der Waals surface area contributed by atoms with Crippen LogP contribution in [0.5, 0.6) is 0 Å². The summed E-state index contributed by atoms with van der Waals surface area (Å²) in [5.74, 6) is -0.302. The van der Waals surface area contributed by atoms with E-state index in [1.165, 1.54) is 0 Å². The largest absolute Gasteiger partial charge is 0.292 e. The van der Waals surface area contributed by atoms with Crippen LogP contribution in [0.1, 0.15) is 15.9 Å². The number of carbonyl (C=O) groups is 1. The van der Waals surface area contributed by atoms with Gasteiger partial charge in [0.1, 0.15) is 11.3 Å². The molecule has 6 heteroatoms. The summed E-state index contributed by atoms with van der Waals surface area (Å²) in [5, 5.41) is 5.15. The molecule has 0 amide bonds. The van der Waals surface area contributed by atoms with Crippen molar-refractivity contribution in [1.82, 2.24) is 0 Å². The zero-order chi connectivity index (χ0) is 23.5. The Balaban J connectivity index is 1.74. The molecule has 1 aliphatic rings. The number of carbonyl (C=O) groups excluding carboxylic acids is 1. The fourth-order valence-corrected chi connectivity index (χ4v) is 6.12. The highest BCUT2D eigenvalue weighted by atomic mass is 32.2. The van der Waals surface area contributed by atoms with Gasteiger partial charge in [-0.2, -0.15) is 5.10 Å². The maximum absolute atomic E-state index is 14.1. The molecule has 0 radical (unpaired) electrons. The summed E-state index contributed by atoms with van der Waals surface area (Å²) < 4.78 is 28.2.